The number of likely N-dealkylation sites (N-methyl/N-ethyl adjacent to an activating group) is 1. The van der Waals surface area contributed by atoms with Gasteiger partial charge >= 0.3 is 0 Å². The molecule has 0 radical (unpaired) electrons. The molecular weight excluding hydrogens is 233 g/mol. The van der Waals surface area contributed by atoms with E-state index in [2.05, 4.69) is 0 Å². The monoisotopic (exact) mass is 249 g/mol. The van der Waals surface area contributed by atoms with Gasteiger partial charge in [-0.25, -0.2) is 9.45 Å². The maximum Gasteiger partial charge on any atom is 0.270 e. The van der Waals surface area contributed by atoms with Crippen LogP contribution in [0.4, 0.5) is 4.39 Å². The minimum absolute atomic E-state index is 0.204. The van der Waals surface area contributed by atoms with Gasteiger partial charge in [-0.15, -0.1) is 0 Å². The molecule has 0 atom stereocenters. The van der Waals surface area contributed by atoms with Crippen molar-refractivity contribution in [3.8, 4) is 0 Å². The molecule has 3 nitrogen and oxygen atoms in total. The fraction of sp³-hybridized carbons (Fsp3) is 0.357. The molecule has 0 aromatic heterocycles. The number of benzene rings is 1. The summed E-state index contributed by atoms with van der Waals surface area (Å²) >= 11 is 0. The van der Waals surface area contributed by atoms with Gasteiger partial charge in [0.05, 0.1) is 7.11 Å². The standard InChI is InChI=1S/C14H16FNO2/c1-16(18-2)14(17)9-11-5-3-4-10-8-12(15)6-7-13(10)11/h6-9H,3-5H2,1-2H3. The van der Waals surface area contributed by atoms with E-state index >= 15 is 0 Å². The number of allylic oxidation sites excluding steroid dienone is 1. The smallest absolute Gasteiger partial charge is 0.270 e. The highest BCUT2D eigenvalue weighted by Crippen LogP contribution is 2.31. The van der Waals surface area contributed by atoms with Crippen LogP contribution >= 0.6 is 0 Å². The third-order valence-electron chi connectivity index (χ3n) is 3.19. The van der Waals surface area contributed by atoms with E-state index in [1.165, 1.54) is 18.2 Å². The summed E-state index contributed by atoms with van der Waals surface area (Å²) in [6.45, 7) is 0. The van der Waals surface area contributed by atoms with Crippen molar-refractivity contribution < 1.29 is 14.0 Å². The summed E-state index contributed by atoms with van der Waals surface area (Å²) in [6, 6.07) is 4.73. The van der Waals surface area contributed by atoms with Crippen LogP contribution in [-0.4, -0.2) is 25.1 Å². The zero-order chi connectivity index (χ0) is 13.1. The van der Waals surface area contributed by atoms with E-state index in [9.17, 15) is 9.18 Å². The second-order valence-electron chi connectivity index (χ2n) is 4.34. The lowest BCUT2D eigenvalue weighted by atomic mass is 9.87. The van der Waals surface area contributed by atoms with Gasteiger partial charge in [0.25, 0.3) is 5.91 Å². The summed E-state index contributed by atoms with van der Waals surface area (Å²) in [5.74, 6) is -0.431. The van der Waals surface area contributed by atoms with Crippen molar-refractivity contribution in [2.75, 3.05) is 14.2 Å². The van der Waals surface area contributed by atoms with Crippen molar-refractivity contribution in [2.45, 2.75) is 19.3 Å². The summed E-state index contributed by atoms with van der Waals surface area (Å²) in [5, 5.41) is 1.17. The lowest BCUT2D eigenvalue weighted by molar-refractivity contribution is -0.162. The largest absolute Gasteiger partial charge is 0.274 e. The zero-order valence-electron chi connectivity index (χ0n) is 10.6. The summed E-state index contributed by atoms with van der Waals surface area (Å²) in [7, 11) is 3.01. The van der Waals surface area contributed by atoms with Crippen LogP contribution in [-0.2, 0) is 16.1 Å². The second-order valence-corrected chi connectivity index (χ2v) is 4.34. The Balaban J connectivity index is 2.33. The number of amides is 1. The third-order valence-corrected chi connectivity index (χ3v) is 3.19. The molecule has 0 unspecified atom stereocenters. The molecule has 2 rings (SSSR count). The van der Waals surface area contributed by atoms with Crippen molar-refractivity contribution in [2.24, 2.45) is 0 Å². The molecule has 4 heteroatoms. The molecule has 1 aromatic carbocycles. The molecule has 0 spiro atoms. The van der Waals surface area contributed by atoms with Crippen molar-refractivity contribution in [3.05, 3.63) is 41.2 Å². The van der Waals surface area contributed by atoms with E-state index in [1.807, 2.05) is 0 Å². The quantitative estimate of drug-likeness (QED) is 0.595. The molecule has 0 N–H and O–H groups in total. The van der Waals surface area contributed by atoms with Crippen molar-refractivity contribution in [1.82, 2.24) is 5.06 Å². The number of fused-ring (bicyclic) bond motifs is 1. The molecule has 0 bridgehead atoms. The normalized spacial score (nSPS) is 16.5. The first-order valence-corrected chi connectivity index (χ1v) is 5.93. The molecule has 0 saturated carbocycles. The highest BCUT2D eigenvalue weighted by atomic mass is 19.1. The fourth-order valence-electron chi connectivity index (χ4n) is 2.17. The van der Waals surface area contributed by atoms with E-state index in [-0.39, 0.29) is 11.7 Å². The van der Waals surface area contributed by atoms with Gasteiger partial charge in [-0.3, -0.25) is 9.63 Å². The van der Waals surface area contributed by atoms with E-state index in [0.29, 0.717) is 0 Å². The van der Waals surface area contributed by atoms with Gasteiger partial charge in [0, 0.05) is 13.1 Å². The Morgan fingerprint density at radius 3 is 2.94 bits per heavy atom. The van der Waals surface area contributed by atoms with Gasteiger partial charge in [0.15, 0.2) is 0 Å². The van der Waals surface area contributed by atoms with Crippen molar-refractivity contribution >= 4 is 11.5 Å². The molecule has 0 fully saturated rings. The second kappa shape index (κ2) is 5.31. The molecule has 0 saturated heterocycles. The summed E-state index contributed by atoms with van der Waals surface area (Å²) in [5.41, 5.74) is 2.89. The Kier molecular flexibility index (Phi) is 3.77. The topological polar surface area (TPSA) is 29.5 Å². The maximum absolute atomic E-state index is 13.2. The minimum Gasteiger partial charge on any atom is -0.274 e. The van der Waals surface area contributed by atoms with Gasteiger partial charge in [-0.05, 0) is 48.1 Å². The van der Waals surface area contributed by atoms with E-state index in [1.54, 1.807) is 25.3 Å². The van der Waals surface area contributed by atoms with Crippen molar-refractivity contribution in [1.29, 1.82) is 0 Å². The fourth-order valence-corrected chi connectivity index (χ4v) is 2.17. The average Bonchev–Trinajstić information content (AvgIpc) is 2.37. The highest BCUT2D eigenvalue weighted by Gasteiger charge is 2.16. The third kappa shape index (κ3) is 2.59. The first-order chi connectivity index (χ1) is 8.61. The molecule has 1 aliphatic rings. The number of carbonyl (C=O) groups excluding carboxylic acids is 1. The van der Waals surface area contributed by atoms with Gasteiger partial charge in [0.1, 0.15) is 5.82 Å². The average molecular weight is 249 g/mol. The number of hydrogen-bond acceptors (Lipinski definition) is 2. The molecule has 96 valence electrons. The van der Waals surface area contributed by atoms with E-state index in [4.69, 9.17) is 4.84 Å². The van der Waals surface area contributed by atoms with Crippen LogP contribution in [0.3, 0.4) is 0 Å². The number of hydroxylamine groups is 2. The summed E-state index contributed by atoms with van der Waals surface area (Å²) < 4.78 is 13.2. The first-order valence-electron chi connectivity index (χ1n) is 5.93. The van der Waals surface area contributed by atoms with Crippen LogP contribution in [0.5, 0.6) is 0 Å². The number of hydrogen-bond donors (Lipinski definition) is 0. The van der Waals surface area contributed by atoms with Crippen LogP contribution in [0.2, 0.25) is 0 Å². The van der Waals surface area contributed by atoms with Crippen molar-refractivity contribution in [3.63, 3.8) is 0 Å². The SMILES string of the molecule is CON(C)C(=O)C=C1CCCc2cc(F)ccc21. The number of rotatable bonds is 2. The van der Waals surface area contributed by atoms with Gasteiger partial charge < -0.3 is 0 Å². The molecule has 1 amide bonds. The molecule has 0 aliphatic heterocycles. The lowest BCUT2D eigenvalue weighted by Crippen LogP contribution is -2.23. The summed E-state index contributed by atoms with van der Waals surface area (Å²) in [4.78, 5) is 16.6. The van der Waals surface area contributed by atoms with Gasteiger partial charge in [-0.2, -0.15) is 0 Å². The Morgan fingerprint density at radius 2 is 2.22 bits per heavy atom. The van der Waals surface area contributed by atoms with Gasteiger partial charge in [-0.1, -0.05) is 6.07 Å². The lowest BCUT2D eigenvalue weighted by Gasteiger charge is -2.20. The number of halogens is 1. The van der Waals surface area contributed by atoms with E-state index < -0.39 is 0 Å². The predicted molar refractivity (Wildman–Crippen MR) is 67.1 cm³/mol. The zero-order valence-corrected chi connectivity index (χ0v) is 10.6. The van der Waals surface area contributed by atoms with Gasteiger partial charge in [0.2, 0.25) is 0 Å². The van der Waals surface area contributed by atoms with E-state index in [0.717, 1.165) is 36.0 Å². The molecular formula is C14H16FNO2. The van der Waals surface area contributed by atoms with Crippen LogP contribution in [0.25, 0.3) is 5.57 Å². The Labute approximate surface area is 106 Å². The molecule has 18 heavy (non-hydrogen) atoms. The Bertz CT molecular complexity index is 497. The highest BCUT2D eigenvalue weighted by molar-refractivity contribution is 5.95. The minimum atomic E-state index is -0.227. The van der Waals surface area contributed by atoms with Crippen LogP contribution in [0, 0.1) is 5.82 Å². The molecule has 0 heterocycles. The predicted octanol–water partition coefficient (Wildman–Crippen LogP) is 2.57. The first kappa shape index (κ1) is 12.8. The Morgan fingerprint density at radius 1 is 1.44 bits per heavy atom. The van der Waals surface area contributed by atoms with Crippen LogP contribution in [0.15, 0.2) is 24.3 Å². The Hall–Kier alpha value is -1.68. The van der Waals surface area contributed by atoms with Crippen LogP contribution < -0.4 is 0 Å². The number of aryl methyl sites for hydroxylation is 1. The maximum atomic E-state index is 13.2. The summed E-state index contributed by atoms with van der Waals surface area (Å²) in [6.07, 6.45) is 4.20. The number of carbonyl (C=O) groups is 1. The molecule has 1 aromatic rings. The van der Waals surface area contributed by atoms with Crippen LogP contribution in [0.1, 0.15) is 24.0 Å². The molecule has 1 aliphatic carbocycles. The number of nitrogens with zero attached hydrogens (tertiary/aromatic N) is 1.